The summed E-state index contributed by atoms with van der Waals surface area (Å²) in [6, 6.07) is 0. The number of hydrogen-bond donors (Lipinski definition) is 1. The van der Waals surface area contributed by atoms with E-state index in [0.29, 0.717) is 11.6 Å². The van der Waals surface area contributed by atoms with E-state index in [-0.39, 0.29) is 22.2 Å². The van der Waals surface area contributed by atoms with Crippen LogP contribution in [0.25, 0.3) is 0 Å². The Balaban J connectivity index is 2.21. The topological polar surface area (TPSA) is 89.0 Å². The van der Waals surface area contributed by atoms with Crippen LogP contribution in [0.15, 0.2) is 11.4 Å². The maximum absolute atomic E-state index is 12.2. The second-order valence-electron chi connectivity index (χ2n) is 4.91. The molecular formula is C11H14ClN3O3S2. The number of aromatic nitrogens is 2. The number of halogens is 1. The van der Waals surface area contributed by atoms with Gasteiger partial charge in [-0.25, -0.2) is 18.4 Å². The van der Waals surface area contributed by atoms with Crippen molar-refractivity contribution in [1.29, 1.82) is 0 Å². The molecule has 1 aliphatic rings. The monoisotopic (exact) mass is 335 g/mol. The highest BCUT2D eigenvalue weighted by atomic mass is 35.5. The van der Waals surface area contributed by atoms with Gasteiger partial charge in [-0.2, -0.15) is 0 Å². The van der Waals surface area contributed by atoms with Crippen LogP contribution in [0.4, 0.5) is 0 Å². The number of carbonyl (C=O) groups is 1. The maximum atomic E-state index is 12.2. The maximum Gasteiger partial charge on any atom is 0.272 e. The van der Waals surface area contributed by atoms with Gasteiger partial charge in [0.25, 0.3) is 5.91 Å². The normalized spacial score (nSPS) is 24.6. The van der Waals surface area contributed by atoms with E-state index in [9.17, 15) is 13.2 Å². The summed E-state index contributed by atoms with van der Waals surface area (Å²) in [4.78, 5) is 20.2. The molecule has 6 nitrogen and oxygen atoms in total. The molecule has 0 spiro atoms. The molecule has 1 atom stereocenters. The van der Waals surface area contributed by atoms with Gasteiger partial charge in [0, 0.05) is 0 Å². The van der Waals surface area contributed by atoms with Gasteiger partial charge >= 0.3 is 0 Å². The van der Waals surface area contributed by atoms with Crippen LogP contribution in [0.2, 0.25) is 5.02 Å². The third-order valence-corrected chi connectivity index (χ3v) is 5.78. The van der Waals surface area contributed by atoms with Crippen molar-refractivity contribution in [1.82, 2.24) is 15.3 Å². The van der Waals surface area contributed by atoms with Crippen molar-refractivity contribution in [3.05, 3.63) is 16.9 Å². The van der Waals surface area contributed by atoms with Crippen LogP contribution in [0.5, 0.6) is 0 Å². The summed E-state index contributed by atoms with van der Waals surface area (Å²) in [5, 5.41) is 3.29. The highest BCUT2D eigenvalue weighted by Gasteiger charge is 2.40. The average molecular weight is 336 g/mol. The van der Waals surface area contributed by atoms with Crippen molar-refractivity contribution < 1.29 is 13.2 Å². The molecule has 1 aromatic rings. The predicted molar refractivity (Wildman–Crippen MR) is 78.0 cm³/mol. The number of rotatable bonds is 3. The van der Waals surface area contributed by atoms with Gasteiger partial charge in [0.1, 0.15) is 0 Å². The Morgan fingerprint density at radius 3 is 2.80 bits per heavy atom. The molecule has 0 aromatic carbocycles. The van der Waals surface area contributed by atoms with Gasteiger partial charge < -0.3 is 5.32 Å². The fraction of sp³-hybridized carbons (Fsp3) is 0.545. The first-order valence-electron chi connectivity index (χ1n) is 5.84. The molecule has 9 heteroatoms. The van der Waals surface area contributed by atoms with Crippen molar-refractivity contribution >= 4 is 39.1 Å². The number of carbonyl (C=O) groups excluding carboxylic acids is 1. The summed E-state index contributed by atoms with van der Waals surface area (Å²) >= 11 is 7.22. The van der Waals surface area contributed by atoms with Crippen molar-refractivity contribution in [2.75, 3.05) is 17.8 Å². The quantitative estimate of drug-likeness (QED) is 0.658. The van der Waals surface area contributed by atoms with Crippen LogP contribution in [0.1, 0.15) is 23.8 Å². The van der Waals surface area contributed by atoms with E-state index in [0.717, 1.165) is 0 Å². The molecule has 1 saturated heterocycles. The van der Waals surface area contributed by atoms with E-state index >= 15 is 0 Å². The second-order valence-corrected chi connectivity index (χ2v) is 8.27. The van der Waals surface area contributed by atoms with Crippen molar-refractivity contribution in [2.24, 2.45) is 0 Å². The Kier molecular flexibility index (Phi) is 4.27. The molecule has 1 fully saturated rings. The largest absolute Gasteiger partial charge is 0.344 e. The first-order valence-corrected chi connectivity index (χ1v) is 9.27. The summed E-state index contributed by atoms with van der Waals surface area (Å²) in [7, 11) is -3.09. The molecule has 20 heavy (non-hydrogen) atoms. The van der Waals surface area contributed by atoms with Crippen LogP contribution in [-0.4, -0.2) is 47.6 Å². The average Bonchev–Trinajstić information content (AvgIpc) is 2.63. The molecule has 1 N–H and O–H groups in total. The molecule has 1 unspecified atom stereocenters. The van der Waals surface area contributed by atoms with Crippen LogP contribution in [0, 0.1) is 0 Å². The fourth-order valence-electron chi connectivity index (χ4n) is 2.05. The summed E-state index contributed by atoms with van der Waals surface area (Å²) in [5.74, 6) is -0.464. The van der Waals surface area contributed by atoms with E-state index in [2.05, 4.69) is 15.3 Å². The minimum absolute atomic E-state index is 0.0656. The Hall–Kier alpha value is -0.860. The van der Waals surface area contributed by atoms with Crippen LogP contribution >= 0.6 is 23.4 Å². The summed E-state index contributed by atoms with van der Waals surface area (Å²) in [5.41, 5.74) is -0.708. The number of amides is 1. The van der Waals surface area contributed by atoms with E-state index in [1.54, 1.807) is 13.2 Å². The number of thioether (sulfide) groups is 1. The highest BCUT2D eigenvalue weighted by molar-refractivity contribution is 7.98. The van der Waals surface area contributed by atoms with E-state index < -0.39 is 21.3 Å². The molecule has 1 aliphatic heterocycles. The third kappa shape index (κ3) is 3.42. The van der Waals surface area contributed by atoms with Gasteiger partial charge in [0.2, 0.25) is 0 Å². The smallest absolute Gasteiger partial charge is 0.272 e. The summed E-state index contributed by atoms with van der Waals surface area (Å²) < 4.78 is 23.1. The van der Waals surface area contributed by atoms with Gasteiger partial charge in [0.15, 0.2) is 20.7 Å². The SMILES string of the molecule is CSc1ncc(Cl)c(C(=O)NC2(C)CCS(=O)(=O)C2)n1. The first-order chi connectivity index (χ1) is 9.25. The molecule has 2 heterocycles. The third-order valence-electron chi connectivity index (χ3n) is 3.04. The molecule has 1 aromatic heterocycles. The Morgan fingerprint density at radius 2 is 2.25 bits per heavy atom. The molecule has 0 radical (unpaired) electrons. The van der Waals surface area contributed by atoms with Crippen molar-refractivity contribution in [2.45, 2.75) is 24.0 Å². The highest BCUT2D eigenvalue weighted by Crippen LogP contribution is 2.24. The lowest BCUT2D eigenvalue weighted by Crippen LogP contribution is -2.47. The van der Waals surface area contributed by atoms with Gasteiger partial charge in [-0.3, -0.25) is 4.79 Å². The van der Waals surface area contributed by atoms with E-state index in [4.69, 9.17) is 11.6 Å². The molecule has 0 aliphatic carbocycles. The van der Waals surface area contributed by atoms with Gasteiger partial charge in [0.05, 0.1) is 28.3 Å². The predicted octanol–water partition coefficient (Wildman–Crippen LogP) is 1.16. The molecule has 0 saturated carbocycles. The molecule has 1 amide bonds. The summed E-state index contributed by atoms with van der Waals surface area (Å²) in [6.45, 7) is 1.71. The zero-order valence-corrected chi connectivity index (χ0v) is 13.4. The Labute approximate surface area is 126 Å². The van der Waals surface area contributed by atoms with Crippen LogP contribution in [0.3, 0.4) is 0 Å². The molecule has 0 bridgehead atoms. The first kappa shape index (κ1) is 15.5. The lowest BCUT2D eigenvalue weighted by molar-refractivity contribution is 0.0909. The Morgan fingerprint density at radius 1 is 1.55 bits per heavy atom. The zero-order valence-electron chi connectivity index (χ0n) is 11.0. The number of sulfone groups is 1. The number of nitrogens with one attached hydrogen (secondary N) is 1. The zero-order chi connectivity index (χ0) is 15.0. The standard InChI is InChI=1S/C11H14ClN3O3S2/c1-11(3-4-20(17,18)6-11)15-9(16)8-7(12)5-13-10(14-8)19-2/h5H,3-4,6H2,1-2H3,(H,15,16). The number of nitrogens with zero attached hydrogens (tertiary/aromatic N) is 2. The Bertz CT molecular complexity index is 650. The minimum atomic E-state index is -3.09. The van der Waals surface area contributed by atoms with Crippen LogP contribution in [-0.2, 0) is 9.84 Å². The van der Waals surface area contributed by atoms with Crippen LogP contribution < -0.4 is 5.32 Å². The fourth-order valence-corrected chi connectivity index (χ4v) is 4.66. The number of hydrogen-bond acceptors (Lipinski definition) is 6. The summed E-state index contributed by atoms with van der Waals surface area (Å²) in [6.07, 6.45) is 3.54. The van der Waals surface area contributed by atoms with E-state index in [1.165, 1.54) is 18.0 Å². The van der Waals surface area contributed by atoms with Gasteiger partial charge in [-0.05, 0) is 19.6 Å². The lowest BCUT2D eigenvalue weighted by Gasteiger charge is -2.23. The second kappa shape index (κ2) is 5.50. The lowest BCUT2D eigenvalue weighted by atomic mass is 10.0. The minimum Gasteiger partial charge on any atom is -0.344 e. The van der Waals surface area contributed by atoms with E-state index in [1.807, 2.05) is 0 Å². The molecular weight excluding hydrogens is 322 g/mol. The molecule has 110 valence electrons. The van der Waals surface area contributed by atoms with Gasteiger partial charge in [-0.1, -0.05) is 23.4 Å². The van der Waals surface area contributed by atoms with Crippen molar-refractivity contribution in [3.8, 4) is 0 Å². The van der Waals surface area contributed by atoms with Crippen molar-refractivity contribution in [3.63, 3.8) is 0 Å². The molecule has 2 rings (SSSR count). The van der Waals surface area contributed by atoms with Gasteiger partial charge in [-0.15, -0.1) is 0 Å².